The fourth-order valence-electron chi connectivity index (χ4n) is 6.89. The van der Waals surface area contributed by atoms with Gasteiger partial charge in [-0.25, -0.2) is 0 Å². The van der Waals surface area contributed by atoms with Crippen molar-refractivity contribution in [3.63, 3.8) is 0 Å². The van der Waals surface area contributed by atoms with E-state index in [0.29, 0.717) is 12.5 Å². The summed E-state index contributed by atoms with van der Waals surface area (Å²) in [5.41, 5.74) is 3.48. The van der Waals surface area contributed by atoms with Crippen LogP contribution >= 0.6 is 0 Å². The Kier molecular flexibility index (Phi) is 5.73. The molecule has 1 saturated heterocycles. The van der Waals surface area contributed by atoms with E-state index in [4.69, 9.17) is 14.2 Å². The number of methoxy groups -OCH3 is 2. The molecular formula is C27H37NO5. The van der Waals surface area contributed by atoms with Crippen molar-refractivity contribution in [3.05, 3.63) is 34.9 Å². The first-order chi connectivity index (χ1) is 15.8. The van der Waals surface area contributed by atoms with E-state index in [1.165, 1.54) is 16.7 Å². The molecule has 2 fully saturated rings. The third-order valence-electron chi connectivity index (χ3n) is 9.22. The number of allylic oxidation sites excluding steroid dienone is 1. The van der Waals surface area contributed by atoms with Crippen LogP contribution in [0.4, 0.5) is 0 Å². The smallest absolute Gasteiger partial charge is 0.311 e. The molecule has 0 aromatic heterocycles. The second-order valence-corrected chi connectivity index (χ2v) is 10.8. The zero-order valence-electron chi connectivity index (χ0n) is 20.5. The first-order valence-corrected chi connectivity index (χ1v) is 12.3. The average Bonchev–Trinajstić information content (AvgIpc) is 3.10. The summed E-state index contributed by atoms with van der Waals surface area (Å²) >= 11 is 0. The van der Waals surface area contributed by atoms with Crippen LogP contribution in [0, 0.1) is 23.2 Å². The Hall–Kier alpha value is -2.05. The van der Waals surface area contributed by atoms with E-state index in [1.807, 2.05) is 0 Å². The molecule has 0 bridgehead atoms. The van der Waals surface area contributed by atoms with Crippen molar-refractivity contribution < 1.29 is 24.1 Å². The van der Waals surface area contributed by atoms with Gasteiger partial charge in [-0.05, 0) is 55.4 Å². The number of hydrogen-bond donors (Lipinski definition) is 1. The van der Waals surface area contributed by atoms with Crippen LogP contribution in [-0.2, 0) is 22.5 Å². The highest BCUT2D eigenvalue weighted by atomic mass is 16.6. The van der Waals surface area contributed by atoms with E-state index in [-0.39, 0.29) is 35.4 Å². The Morgan fingerprint density at radius 1 is 1.15 bits per heavy atom. The average molecular weight is 456 g/mol. The Morgan fingerprint density at radius 2 is 1.85 bits per heavy atom. The van der Waals surface area contributed by atoms with E-state index in [0.717, 1.165) is 43.7 Å². The lowest BCUT2D eigenvalue weighted by molar-refractivity contribution is -0.145. The zero-order valence-corrected chi connectivity index (χ0v) is 20.5. The molecule has 4 aliphatic rings. The molecule has 1 N–H and O–H groups in total. The summed E-state index contributed by atoms with van der Waals surface area (Å²) in [5, 5.41) is 11.6. The molecule has 1 saturated carbocycles. The topological polar surface area (TPSA) is 68.2 Å². The monoisotopic (exact) mass is 455 g/mol. The van der Waals surface area contributed by atoms with Crippen LogP contribution in [0.1, 0.15) is 51.2 Å². The van der Waals surface area contributed by atoms with E-state index < -0.39 is 6.10 Å². The highest BCUT2D eigenvalue weighted by Crippen LogP contribution is 2.56. The summed E-state index contributed by atoms with van der Waals surface area (Å²) in [6.45, 7) is 8.00. The summed E-state index contributed by atoms with van der Waals surface area (Å²) in [7, 11) is 3.32. The fraction of sp³-hybridized carbons (Fsp3) is 0.667. The van der Waals surface area contributed by atoms with Gasteiger partial charge in [-0.3, -0.25) is 9.69 Å². The van der Waals surface area contributed by atoms with Crippen molar-refractivity contribution in [3.8, 4) is 11.5 Å². The molecule has 2 aliphatic carbocycles. The van der Waals surface area contributed by atoms with Crippen LogP contribution in [0.15, 0.2) is 23.8 Å². The van der Waals surface area contributed by atoms with E-state index in [9.17, 15) is 9.90 Å². The molecule has 33 heavy (non-hydrogen) atoms. The lowest BCUT2D eigenvalue weighted by Crippen LogP contribution is -2.55. The Balaban J connectivity index is 1.40. The second kappa shape index (κ2) is 8.31. The molecule has 6 nitrogen and oxygen atoms in total. The van der Waals surface area contributed by atoms with Crippen molar-refractivity contribution in [2.45, 2.75) is 71.2 Å². The number of carbonyl (C=O) groups is 1. The molecule has 5 rings (SSSR count). The van der Waals surface area contributed by atoms with Crippen molar-refractivity contribution in [1.82, 2.24) is 4.90 Å². The van der Waals surface area contributed by atoms with Crippen LogP contribution in [0.5, 0.6) is 11.5 Å². The van der Waals surface area contributed by atoms with Crippen LogP contribution in [0.2, 0.25) is 0 Å². The molecular weight excluding hydrogens is 418 g/mol. The largest absolute Gasteiger partial charge is 0.493 e. The number of ether oxygens (including phenoxy) is 3. The van der Waals surface area contributed by atoms with Gasteiger partial charge >= 0.3 is 5.97 Å². The molecule has 0 radical (unpaired) electrons. The van der Waals surface area contributed by atoms with Gasteiger partial charge in [-0.2, -0.15) is 0 Å². The fourth-order valence-corrected chi connectivity index (χ4v) is 6.89. The van der Waals surface area contributed by atoms with Crippen LogP contribution in [-0.4, -0.2) is 55.0 Å². The maximum absolute atomic E-state index is 13.1. The van der Waals surface area contributed by atoms with Gasteiger partial charge in [0.05, 0.1) is 26.2 Å². The van der Waals surface area contributed by atoms with Gasteiger partial charge in [0.2, 0.25) is 0 Å². The normalized spacial score (nSPS) is 38.0. The predicted octanol–water partition coefficient (Wildman–Crippen LogP) is 3.74. The molecule has 180 valence electrons. The summed E-state index contributed by atoms with van der Waals surface area (Å²) in [5.74, 6) is 1.27. The Labute approximate surface area is 196 Å². The number of benzene rings is 1. The van der Waals surface area contributed by atoms with Gasteiger partial charge in [0.1, 0.15) is 6.10 Å². The van der Waals surface area contributed by atoms with E-state index in [1.54, 1.807) is 14.2 Å². The minimum Gasteiger partial charge on any atom is -0.493 e. The first kappa shape index (κ1) is 22.7. The Morgan fingerprint density at radius 3 is 2.55 bits per heavy atom. The molecule has 2 unspecified atom stereocenters. The summed E-state index contributed by atoms with van der Waals surface area (Å²) in [4.78, 5) is 15.4. The number of aliphatic hydroxyl groups excluding tert-OH is 1. The summed E-state index contributed by atoms with van der Waals surface area (Å²) in [6, 6.07) is 4.41. The van der Waals surface area contributed by atoms with Crippen LogP contribution in [0.3, 0.4) is 0 Å². The molecule has 6 heteroatoms. The third-order valence-corrected chi connectivity index (χ3v) is 9.22. The minimum atomic E-state index is -0.564. The number of fused-ring (bicyclic) bond motifs is 3. The maximum atomic E-state index is 13.1. The zero-order chi connectivity index (χ0) is 23.5. The molecule has 0 spiro atoms. The number of nitrogens with zero attached hydrogens (tertiary/aromatic N) is 1. The van der Waals surface area contributed by atoms with Crippen LogP contribution < -0.4 is 9.47 Å². The third kappa shape index (κ3) is 3.48. The maximum Gasteiger partial charge on any atom is 0.311 e. The van der Waals surface area contributed by atoms with Crippen molar-refractivity contribution in [1.29, 1.82) is 0 Å². The number of hydrogen-bond acceptors (Lipinski definition) is 6. The highest BCUT2D eigenvalue weighted by Gasteiger charge is 2.60. The van der Waals surface area contributed by atoms with Crippen molar-refractivity contribution in [2.24, 2.45) is 23.2 Å². The second-order valence-electron chi connectivity index (χ2n) is 10.8. The molecule has 0 amide bonds. The van der Waals surface area contributed by atoms with Crippen molar-refractivity contribution >= 4 is 5.97 Å². The number of aliphatic hydroxyl groups is 1. The number of carbonyl (C=O) groups excluding carboxylic acids is 1. The first-order valence-electron chi connectivity index (χ1n) is 12.3. The summed E-state index contributed by atoms with van der Waals surface area (Å²) in [6.07, 6.45) is 5.29. The van der Waals surface area contributed by atoms with Gasteiger partial charge < -0.3 is 19.3 Å². The standard InChI is InChI=1S/C27H37NO5/c1-15-7-6-8-19-12-23-24(25(29)27(15,19)3)20(26(30)33-23)14-28-13-18-11-22(32-5)21(31-4)10-17(18)9-16(28)2/h8,10-11,15-16,20,23-25,29H,6-7,9,12-14H2,1-5H3/t15-,16?,20?,23-,24-,25+,27-/m1/s1. The number of esters is 1. The highest BCUT2D eigenvalue weighted by molar-refractivity contribution is 5.76. The van der Waals surface area contributed by atoms with Crippen LogP contribution in [0.25, 0.3) is 0 Å². The lowest BCUT2D eigenvalue weighted by Gasteiger charge is -2.52. The molecule has 7 atom stereocenters. The van der Waals surface area contributed by atoms with Gasteiger partial charge in [0, 0.05) is 36.9 Å². The Bertz CT molecular complexity index is 974. The molecule has 1 aromatic rings. The van der Waals surface area contributed by atoms with Crippen molar-refractivity contribution in [2.75, 3.05) is 20.8 Å². The lowest BCUT2D eigenvalue weighted by atomic mass is 9.55. The summed E-state index contributed by atoms with van der Waals surface area (Å²) < 4.78 is 16.9. The molecule has 2 heterocycles. The van der Waals surface area contributed by atoms with E-state index in [2.05, 4.69) is 43.9 Å². The van der Waals surface area contributed by atoms with Gasteiger partial charge in [0.25, 0.3) is 0 Å². The number of rotatable bonds is 4. The molecule has 2 aliphatic heterocycles. The van der Waals surface area contributed by atoms with Gasteiger partial charge in [-0.15, -0.1) is 0 Å². The van der Waals surface area contributed by atoms with Gasteiger partial charge in [0.15, 0.2) is 11.5 Å². The van der Waals surface area contributed by atoms with E-state index >= 15 is 0 Å². The van der Waals surface area contributed by atoms with Gasteiger partial charge in [-0.1, -0.05) is 25.5 Å². The SMILES string of the molecule is COc1cc2c(cc1OC)CN(CC1C(=O)O[C@@H]3CC4=CCC[C@@H](C)[C@@]4(C)[C@@H](O)[C@H]13)C(C)C2. The minimum absolute atomic E-state index is 0.148. The predicted molar refractivity (Wildman–Crippen MR) is 125 cm³/mol. The quantitative estimate of drug-likeness (QED) is 0.551. The molecule has 1 aromatic carbocycles.